The van der Waals surface area contributed by atoms with E-state index in [0.29, 0.717) is 29.6 Å². The van der Waals surface area contributed by atoms with Crippen LogP contribution in [0.25, 0.3) is 5.69 Å². The van der Waals surface area contributed by atoms with Crippen molar-refractivity contribution in [2.24, 2.45) is 0 Å². The second-order valence-corrected chi connectivity index (χ2v) is 6.80. The molecule has 0 atom stereocenters. The Hall–Kier alpha value is -3.52. The van der Waals surface area contributed by atoms with E-state index in [2.05, 4.69) is 25.5 Å². The molecule has 0 aliphatic heterocycles. The standard InChI is InChI=1S/C20H18ClN7O/c1-14-25-19(26-28(14)18-9-5-4-8-17(18)21)20(29)23-10-15-6-2-3-7-16(15)11-27-13-22-12-24-27/h2-9,12-13H,10-11H2,1H3,(H,23,29). The van der Waals surface area contributed by atoms with Crippen LogP contribution < -0.4 is 5.32 Å². The molecule has 0 radical (unpaired) electrons. The Bertz CT molecular complexity index is 1140. The number of rotatable bonds is 6. The summed E-state index contributed by atoms with van der Waals surface area (Å²) in [5, 5.41) is 11.9. The summed E-state index contributed by atoms with van der Waals surface area (Å²) in [4.78, 5) is 20.9. The number of nitrogens with one attached hydrogen (secondary N) is 1. The van der Waals surface area contributed by atoms with Gasteiger partial charge in [0.25, 0.3) is 5.91 Å². The van der Waals surface area contributed by atoms with Gasteiger partial charge in [0, 0.05) is 6.54 Å². The number of para-hydroxylation sites is 1. The fourth-order valence-corrected chi connectivity index (χ4v) is 3.18. The molecule has 29 heavy (non-hydrogen) atoms. The third-order valence-electron chi connectivity index (χ3n) is 4.41. The topological polar surface area (TPSA) is 90.5 Å². The van der Waals surface area contributed by atoms with E-state index in [1.165, 1.54) is 6.33 Å². The van der Waals surface area contributed by atoms with Crippen molar-refractivity contribution in [2.45, 2.75) is 20.0 Å². The Morgan fingerprint density at radius 1 is 1.10 bits per heavy atom. The minimum absolute atomic E-state index is 0.0937. The summed E-state index contributed by atoms with van der Waals surface area (Å²) in [6.07, 6.45) is 3.15. The van der Waals surface area contributed by atoms with Gasteiger partial charge in [0.1, 0.15) is 18.5 Å². The van der Waals surface area contributed by atoms with Gasteiger partial charge in [-0.25, -0.2) is 19.3 Å². The molecule has 0 unspecified atom stereocenters. The summed E-state index contributed by atoms with van der Waals surface area (Å²) in [6, 6.07) is 15.1. The molecule has 146 valence electrons. The molecule has 2 aromatic carbocycles. The number of nitrogens with zero attached hydrogens (tertiary/aromatic N) is 6. The summed E-state index contributed by atoms with van der Waals surface area (Å²) in [5.74, 6) is 0.320. The van der Waals surface area contributed by atoms with Crippen LogP contribution in [0.4, 0.5) is 0 Å². The molecule has 1 amide bonds. The van der Waals surface area contributed by atoms with Crippen molar-refractivity contribution < 1.29 is 4.79 Å². The molecule has 0 aliphatic rings. The van der Waals surface area contributed by atoms with Gasteiger partial charge in [0.15, 0.2) is 0 Å². The number of amides is 1. The van der Waals surface area contributed by atoms with E-state index in [9.17, 15) is 4.79 Å². The number of carbonyl (C=O) groups is 1. The van der Waals surface area contributed by atoms with E-state index in [1.54, 1.807) is 28.7 Å². The number of aromatic nitrogens is 6. The monoisotopic (exact) mass is 407 g/mol. The van der Waals surface area contributed by atoms with Gasteiger partial charge in [0.2, 0.25) is 5.82 Å². The predicted octanol–water partition coefficient (Wildman–Crippen LogP) is 2.80. The molecule has 0 bridgehead atoms. The lowest BCUT2D eigenvalue weighted by atomic mass is 10.1. The normalized spacial score (nSPS) is 10.8. The van der Waals surface area contributed by atoms with Gasteiger partial charge < -0.3 is 5.32 Å². The summed E-state index contributed by atoms with van der Waals surface area (Å²) in [5.41, 5.74) is 2.71. The molecule has 4 aromatic rings. The average molecular weight is 408 g/mol. The molecule has 8 nitrogen and oxygen atoms in total. The smallest absolute Gasteiger partial charge is 0.291 e. The number of benzene rings is 2. The van der Waals surface area contributed by atoms with Crippen molar-refractivity contribution in [1.29, 1.82) is 0 Å². The Kier molecular flexibility index (Phi) is 5.35. The number of hydrogen-bond donors (Lipinski definition) is 1. The molecule has 0 saturated carbocycles. The van der Waals surface area contributed by atoms with E-state index < -0.39 is 0 Å². The van der Waals surface area contributed by atoms with Crippen LogP contribution in [0.5, 0.6) is 0 Å². The lowest BCUT2D eigenvalue weighted by Gasteiger charge is -2.10. The Balaban J connectivity index is 1.49. The van der Waals surface area contributed by atoms with Crippen molar-refractivity contribution in [3.63, 3.8) is 0 Å². The molecule has 1 N–H and O–H groups in total. The molecule has 0 fully saturated rings. The fourth-order valence-electron chi connectivity index (χ4n) is 2.97. The summed E-state index contributed by atoms with van der Waals surface area (Å²) < 4.78 is 3.30. The highest BCUT2D eigenvalue weighted by Gasteiger charge is 2.16. The van der Waals surface area contributed by atoms with Gasteiger partial charge in [-0.1, -0.05) is 48.0 Å². The van der Waals surface area contributed by atoms with Crippen LogP contribution in [0.1, 0.15) is 27.6 Å². The van der Waals surface area contributed by atoms with Crippen LogP contribution in [-0.4, -0.2) is 35.4 Å². The predicted molar refractivity (Wildman–Crippen MR) is 108 cm³/mol. The highest BCUT2D eigenvalue weighted by atomic mass is 35.5. The van der Waals surface area contributed by atoms with Gasteiger partial charge in [-0.15, -0.1) is 5.10 Å². The Labute approximate surface area is 172 Å². The number of aryl methyl sites for hydroxylation is 1. The molecular formula is C20H18ClN7O. The van der Waals surface area contributed by atoms with Crippen LogP contribution in [0.3, 0.4) is 0 Å². The van der Waals surface area contributed by atoms with Crippen LogP contribution in [0.15, 0.2) is 61.2 Å². The highest BCUT2D eigenvalue weighted by molar-refractivity contribution is 6.32. The Morgan fingerprint density at radius 2 is 1.86 bits per heavy atom. The fraction of sp³-hybridized carbons (Fsp3) is 0.150. The van der Waals surface area contributed by atoms with E-state index >= 15 is 0 Å². The van der Waals surface area contributed by atoms with E-state index in [0.717, 1.165) is 11.1 Å². The lowest BCUT2D eigenvalue weighted by molar-refractivity contribution is 0.0940. The SMILES string of the molecule is Cc1nc(C(=O)NCc2ccccc2Cn2cncn2)nn1-c1ccccc1Cl. The molecule has 4 rings (SSSR count). The van der Waals surface area contributed by atoms with Crippen LogP contribution in [0, 0.1) is 6.92 Å². The third kappa shape index (κ3) is 4.17. The summed E-state index contributed by atoms with van der Waals surface area (Å²) >= 11 is 6.24. The maximum Gasteiger partial charge on any atom is 0.291 e. The van der Waals surface area contributed by atoms with Gasteiger partial charge >= 0.3 is 0 Å². The first-order chi connectivity index (χ1) is 14.1. The number of carbonyl (C=O) groups excluding carboxylic acids is 1. The summed E-state index contributed by atoms with van der Waals surface area (Å²) in [6.45, 7) is 2.70. The molecule has 0 aliphatic carbocycles. The molecule has 0 saturated heterocycles. The zero-order valence-electron chi connectivity index (χ0n) is 15.7. The van der Waals surface area contributed by atoms with E-state index in [4.69, 9.17) is 11.6 Å². The molecule has 2 heterocycles. The van der Waals surface area contributed by atoms with Gasteiger partial charge in [-0.3, -0.25) is 4.79 Å². The first kappa shape index (κ1) is 18.8. The van der Waals surface area contributed by atoms with Crippen molar-refractivity contribution in [3.8, 4) is 5.69 Å². The largest absolute Gasteiger partial charge is 0.345 e. The second-order valence-electron chi connectivity index (χ2n) is 6.39. The minimum Gasteiger partial charge on any atom is -0.345 e. The second kappa shape index (κ2) is 8.24. The number of halogens is 1. The molecule has 0 spiro atoms. The van der Waals surface area contributed by atoms with Crippen molar-refractivity contribution in [3.05, 3.63) is 89.0 Å². The van der Waals surface area contributed by atoms with E-state index in [-0.39, 0.29) is 11.7 Å². The highest BCUT2D eigenvalue weighted by Crippen LogP contribution is 2.20. The van der Waals surface area contributed by atoms with E-state index in [1.807, 2.05) is 42.5 Å². The van der Waals surface area contributed by atoms with Gasteiger partial charge in [-0.05, 0) is 30.2 Å². The molecule has 2 aromatic heterocycles. The maximum atomic E-state index is 12.6. The first-order valence-electron chi connectivity index (χ1n) is 8.98. The average Bonchev–Trinajstić information content (AvgIpc) is 3.37. The Morgan fingerprint density at radius 3 is 2.62 bits per heavy atom. The quantitative estimate of drug-likeness (QED) is 0.530. The van der Waals surface area contributed by atoms with Crippen LogP contribution in [-0.2, 0) is 13.1 Å². The minimum atomic E-state index is -0.352. The maximum absolute atomic E-state index is 12.6. The van der Waals surface area contributed by atoms with Gasteiger partial charge in [-0.2, -0.15) is 5.10 Å². The van der Waals surface area contributed by atoms with Crippen LogP contribution >= 0.6 is 11.6 Å². The first-order valence-corrected chi connectivity index (χ1v) is 9.35. The van der Waals surface area contributed by atoms with Crippen molar-refractivity contribution in [1.82, 2.24) is 34.8 Å². The third-order valence-corrected chi connectivity index (χ3v) is 4.73. The van der Waals surface area contributed by atoms with Crippen molar-refractivity contribution in [2.75, 3.05) is 0 Å². The van der Waals surface area contributed by atoms with Crippen molar-refractivity contribution >= 4 is 17.5 Å². The molecular weight excluding hydrogens is 390 g/mol. The lowest BCUT2D eigenvalue weighted by Crippen LogP contribution is -2.25. The zero-order chi connectivity index (χ0) is 20.2. The summed E-state index contributed by atoms with van der Waals surface area (Å²) in [7, 11) is 0. The zero-order valence-corrected chi connectivity index (χ0v) is 16.4. The molecule has 9 heteroatoms. The van der Waals surface area contributed by atoms with Gasteiger partial charge in [0.05, 0.1) is 17.3 Å². The van der Waals surface area contributed by atoms with Crippen LogP contribution in [0.2, 0.25) is 5.02 Å². The number of hydrogen-bond acceptors (Lipinski definition) is 5.